The van der Waals surface area contributed by atoms with Crippen LogP contribution in [0.3, 0.4) is 0 Å². The number of alkyl halides is 3. The zero-order valence-electron chi connectivity index (χ0n) is 17.2. The molecular weight excluding hydrogens is 423 g/mol. The molecule has 0 saturated carbocycles. The summed E-state index contributed by atoms with van der Waals surface area (Å²) in [4.78, 5) is 12.9. The van der Waals surface area contributed by atoms with E-state index in [1.54, 1.807) is 30.2 Å². The monoisotopic (exact) mass is 443 g/mol. The van der Waals surface area contributed by atoms with Crippen LogP contribution in [0.2, 0.25) is 0 Å². The predicted molar refractivity (Wildman–Crippen MR) is 114 cm³/mol. The molecule has 0 bridgehead atoms. The third kappa shape index (κ3) is 4.44. The molecule has 166 valence electrons. The van der Waals surface area contributed by atoms with Gasteiger partial charge in [-0.25, -0.2) is 19.6 Å². The predicted octanol–water partition coefficient (Wildman–Crippen LogP) is 3.27. The summed E-state index contributed by atoms with van der Waals surface area (Å²) in [5, 5.41) is 12.2. The molecule has 12 heteroatoms. The van der Waals surface area contributed by atoms with E-state index in [0.717, 1.165) is 5.39 Å². The quantitative estimate of drug-likeness (QED) is 0.428. The lowest BCUT2D eigenvalue weighted by atomic mass is 9.90. The van der Waals surface area contributed by atoms with E-state index < -0.39 is 18.1 Å². The molecule has 0 radical (unpaired) electrons. The van der Waals surface area contributed by atoms with Crippen molar-refractivity contribution in [3.8, 4) is 11.4 Å². The summed E-state index contributed by atoms with van der Waals surface area (Å²) >= 11 is 0. The highest BCUT2D eigenvalue weighted by molar-refractivity contribution is 5.94. The molecule has 0 spiro atoms. The topological polar surface area (TPSA) is 133 Å². The number of hydrogen-bond acceptors (Lipinski definition) is 8. The Kier molecular flexibility index (Phi) is 5.17. The van der Waals surface area contributed by atoms with Crippen LogP contribution in [-0.2, 0) is 12.6 Å². The summed E-state index contributed by atoms with van der Waals surface area (Å²) in [5.74, 6) is 1.03. The second kappa shape index (κ2) is 7.71. The number of rotatable bonds is 5. The van der Waals surface area contributed by atoms with Crippen molar-refractivity contribution in [1.29, 1.82) is 0 Å². The number of nitrogens with one attached hydrogen (secondary N) is 1. The van der Waals surface area contributed by atoms with Crippen molar-refractivity contribution in [2.75, 3.05) is 11.1 Å². The van der Waals surface area contributed by atoms with Gasteiger partial charge in [-0.15, -0.1) is 5.10 Å². The van der Waals surface area contributed by atoms with Gasteiger partial charge < -0.3 is 16.8 Å². The normalized spacial score (nSPS) is 13.8. The maximum absolute atomic E-state index is 12.9. The van der Waals surface area contributed by atoms with Crippen LogP contribution in [0.15, 0.2) is 42.9 Å². The molecule has 4 rings (SSSR count). The molecule has 0 aromatic carbocycles. The Balaban J connectivity index is 1.66. The van der Waals surface area contributed by atoms with Gasteiger partial charge in [-0.05, 0) is 42.1 Å². The van der Waals surface area contributed by atoms with Crippen molar-refractivity contribution in [3.63, 3.8) is 0 Å². The van der Waals surface area contributed by atoms with Crippen LogP contribution in [0.25, 0.3) is 22.2 Å². The molecule has 0 aliphatic rings. The fraction of sp³-hybridized carbons (Fsp3) is 0.250. The summed E-state index contributed by atoms with van der Waals surface area (Å²) in [6.07, 6.45) is -1.01. The summed E-state index contributed by atoms with van der Waals surface area (Å²) in [7, 11) is 1.74. The molecule has 0 aliphatic carbocycles. The minimum absolute atomic E-state index is 0.295. The van der Waals surface area contributed by atoms with Crippen molar-refractivity contribution in [1.82, 2.24) is 29.9 Å². The second-order valence-electron chi connectivity index (χ2n) is 7.69. The molecule has 4 aromatic rings. The Morgan fingerprint density at radius 2 is 1.84 bits per heavy atom. The first kappa shape index (κ1) is 21.4. The molecule has 1 atom stereocenters. The van der Waals surface area contributed by atoms with E-state index in [1.807, 2.05) is 6.07 Å². The van der Waals surface area contributed by atoms with Crippen LogP contribution >= 0.6 is 0 Å². The highest BCUT2D eigenvalue weighted by Crippen LogP contribution is 2.33. The summed E-state index contributed by atoms with van der Waals surface area (Å²) in [6, 6.07) is 6.50. The number of pyridine rings is 3. The molecule has 4 heterocycles. The van der Waals surface area contributed by atoms with E-state index in [-0.39, 0.29) is 0 Å². The fourth-order valence-electron chi connectivity index (χ4n) is 3.40. The molecule has 0 fully saturated rings. The lowest BCUT2D eigenvalue weighted by Crippen LogP contribution is -2.38. The Bertz CT molecular complexity index is 1280. The van der Waals surface area contributed by atoms with E-state index in [0.29, 0.717) is 39.8 Å². The first-order valence-corrected chi connectivity index (χ1v) is 9.52. The van der Waals surface area contributed by atoms with Gasteiger partial charge in [0.15, 0.2) is 0 Å². The number of aryl methyl sites for hydroxylation is 1. The van der Waals surface area contributed by atoms with Crippen molar-refractivity contribution in [2.24, 2.45) is 12.8 Å². The van der Waals surface area contributed by atoms with Gasteiger partial charge in [0.25, 0.3) is 0 Å². The maximum atomic E-state index is 12.9. The number of hydrogen-bond donors (Lipinski definition) is 3. The van der Waals surface area contributed by atoms with Crippen molar-refractivity contribution < 1.29 is 13.2 Å². The van der Waals surface area contributed by atoms with Gasteiger partial charge in [0.2, 0.25) is 0 Å². The molecule has 9 nitrogen and oxygen atoms in total. The van der Waals surface area contributed by atoms with Gasteiger partial charge in [0, 0.05) is 30.4 Å². The third-order valence-electron chi connectivity index (χ3n) is 4.97. The number of aromatic nitrogens is 6. The van der Waals surface area contributed by atoms with E-state index in [1.165, 1.54) is 25.3 Å². The van der Waals surface area contributed by atoms with Gasteiger partial charge in [-0.3, -0.25) is 0 Å². The maximum Gasteiger partial charge on any atom is 0.391 e. The van der Waals surface area contributed by atoms with Crippen molar-refractivity contribution in [2.45, 2.75) is 25.1 Å². The lowest BCUT2D eigenvalue weighted by Gasteiger charge is -2.26. The molecule has 5 N–H and O–H groups in total. The smallest absolute Gasteiger partial charge is 0.383 e. The van der Waals surface area contributed by atoms with Crippen LogP contribution in [0, 0.1) is 0 Å². The van der Waals surface area contributed by atoms with Crippen molar-refractivity contribution in [3.05, 3.63) is 48.4 Å². The largest absolute Gasteiger partial charge is 0.391 e. The molecule has 0 unspecified atom stereocenters. The zero-order valence-corrected chi connectivity index (χ0v) is 17.2. The van der Waals surface area contributed by atoms with Gasteiger partial charge in [0.1, 0.15) is 23.1 Å². The van der Waals surface area contributed by atoms with Crippen LogP contribution < -0.4 is 16.8 Å². The van der Waals surface area contributed by atoms with Crippen LogP contribution in [-0.4, -0.2) is 36.1 Å². The highest BCUT2D eigenvalue weighted by atomic mass is 19.4. The zero-order chi connectivity index (χ0) is 23.1. The van der Waals surface area contributed by atoms with Gasteiger partial charge in [0.05, 0.1) is 18.3 Å². The molecular formula is C20H20F3N9. The Hall–Kier alpha value is -3.80. The number of nitrogens with zero attached hydrogens (tertiary/aromatic N) is 6. The highest BCUT2D eigenvalue weighted by Gasteiger charge is 2.38. The Morgan fingerprint density at radius 1 is 1.09 bits per heavy atom. The fourth-order valence-corrected chi connectivity index (χ4v) is 3.40. The van der Waals surface area contributed by atoms with E-state index in [9.17, 15) is 13.2 Å². The molecule has 0 amide bonds. The lowest BCUT2D eigenvalue weighted by molar-refractivity contribution is -0.146. The standard InChI is InChI=1S/C20H20F3N9/c1-19(25,10-20(21,22)23)12-3-4-26-17(7-12)30-16-6-11-5-14(15-9-28-31-32(15)2)29-18(24)13(11)8-27-16/h3-9H,10,25H2,1-2H3,(H2,24,29)(H,26,27,30)/t19-/m0/s1. The molecule has 0 aliphatic heterocycles. The Labute approximate surface area is 180 Å². The average Bonchev–Trinajstić information content (AvgIpc) is 3.12. The first-order chi connectivity index (χ1) is 15.0. The number of nitrogens with two attached hydrogens (primary N) is 2. The summed E-state index contributed by atoms with van der Waals surface area (Å²) in [6.45, 7) is 1.33. The molecule has 0 saturated heterocycles. The van der Waals surface area contributed by atoms with Gasteiger partial charge in [-0.2, -0.15) is 13.2 Å². The van der Waals surface area contributed by atoms with Gasteiger partial charge >= 0.3 is 6.18 Å². The number of nitrogen functional groups attached to an aromatic ring is 1. The van der Waals surface area contributed by atoms with E-state index >= 15 is 0 Å². The Morgan fingerprint density at radius 3 is 2.53 bits per heavy atom. The SMILES string of the molecule is Cn1nncc1-c1cc2cc(Nc3cc([C@@](C)(N)CC(F)(F)F)ccn3)ncc2c(N)n1. The first-order valence-electron chi connectivity index (χ1n) is 9.52. The second-order valence-corrected chi connectivity index (χ2v) is 7.69. The molecule has 32 heavy (non-hydrogen) atoms. The number of halogens is 3. The number of anilines is 3. The van der Waals surface area contributed by atoms with Crippen LogP contribution in [0.1, 0.15) is 18.9 Å². The van der Waals surface area contributed by atoms with Crippen molar-refractivity contribution >= 4 is 28.2 Å². The third-order valence-corrected chi connectivity index (χ3v) is 4.97. The minimum atomic E-state index is -4.39. The van der Waals surface area contributed by atoms with Crippen LogP contribution in [0.4, 0.5) is 30.6 Å². The van der Waals surface area contributed by atoms with E-state index in [4.69, 9.17) is 11.5 Å². The minimum Gasteiger partial charge on any atom is -0.383 e. The summed E-state index contributed by atoms with van der Waals surface area (Å²) < 4.78 is 40.2. The number of fused-ring (bicyclic) bond motifs is 1. The average molecular weight is 443 g/mol. The van der Waals surface area contributed by atoms with Crippen LogP contribution in [0.5, 0.6) is 0 Å². The van der Waals surface area contributed by atoms with E-state index in [2.05, 4.69) is 30.6 Å². The van der Waals surface area contributed by atoms with Gasteiger partial charge in [-0.1, -0.05) is 5.21 Å². The summed E-state index contributed by atoms with van der Waals surface area (Å²) in [5.41, 5.74) is 12.0. The molecule has 4 aromatic heterocycles.